The largest absolute Gasteiger partial charge is 0.383 e. The van der Waals surface area contributed by atoms with Gasteiger partial charge in [-0.15, -0.1) is 0 Å². The molecule has 0 unspecified atom stereocenters. The summed E-state index contributed by atoms with van der Waals surface area (Å²) in [6.45, 7) is 0.950. The van der Waals surface area contributed by atoms with E-state index in [0.29, 0.717) is 40.3 Å². The lowest BCUT2D eigenvalue weighted by Gasteiger charge is -2.29. The number of ether oxygens (including phenoxy) is 1. The third-order valence-electron chi connectivity index (χ3n) is 4.95. The third kappa shape index (κ3) is 3.46. The molecule has 0 aliphatic heterocycles. The number of nitrogens with two attached hydrogens (primary N) is 1. The van der Waals surface area contributed by atoms with Crippen molar-refractivity contribution in [3.63, 3.8) is 0 Å². The maximum absolute atomic E-state index is 6.00. The van der Waals surface area contributed by atoms with Crippen LogP contribution in [0.15, 0.2) is 12.4 Å². The van der Waals surface area contributed by atoms with E-state index in [2.05, 4.69) is 20.3 Å². The molecule has 2 aliphatic rings. The highest BCUT2D eigenvalue weighted by Crippen LogP contribution is 2.31. The van der Waals surface area contributed by atoms with Crippen LogP contribution in [0.25, 0.3) is 10.9 Å². The van der Waals surface area contributed by atoms with Crippen LogP contribution < -0.4 is 16.5 Å². The summed E-state index contributed by atoms with van der Waals surface area (Å²) in [6.07, 6.45) is 10.7. The summed E-state index contributed by atoms with van der Waals surface area (Å²) < 4.78 is 6.00. The summed E-state index contributed by atoms with van der Waals surface area (Å²) >= 11 is 0. The molecule has 3 N–H and O–H groups in total. The molecular weight excluding hydrogens is 301 g/mol. The minimum atomic E-state index is 0.378. The van der Waals surface area contributed by atoms with Gasteiger partial charge in [-0.3, -0.25) is 0 Å². The van der Waals surface area contributed by atoms with Gasteiger partial charge in [0.2, 0.25) is 5.95 Å². The number of hydrogen-bond acceptors (Lipinski definition) is 6. The van der Waals surface area contributed by atoms with Gasteiger partial charge in [0.1, 0.15) is 13.7 Å². The molecule has 2 aliphatic carbocycles. The fourth-order valence-corrected chi connectivity index (χ4v) is 3.24. The summed E-state index contributed by atoms with van der Waals surface area (Å²) in [5.41, 5.74) is 7.02. The van der Waals surface area contributed by atoms with Crippen LogP contribution in [-0.4, -0.2) is 41.6 Å². The minimum absolute atomic E-state index is 0.378. The summed E-state index contributed by atoms with van der Waals surface area (Å²) in [6, 6.07) is 0.378. The average molecular weight is 323 g/mol. The van der Waals surface area contributed by atoms with E-state index in [1.54, 1.807) is 6.20 Å². The van der Waals surface area contributed by atoms with Gasteiger partial charge in [0.25, 0.3) is 0 Å². The minimum Gasteiger partial charge on any atom is -0.383 e. The van der Waals surface area contributed by atoms with Crippen LogP contribution in [0.2, 0.25) is 0 Å². The van der Waals surface area contributed by atoms with Crippen molar-refractivity contribution in [2.75, 3.05) is 17.7 Å². The van der Waals surface area contributed by atoms with Crippen LogP contribution in [0, 0.1) is 5.92 Å². The zero-order valence-corrected chi connectivity index (χ0v) is 13.7. The second-order valence-electron chi connectivity index (χ2n) is 6.95. The van der Waals surface area contributed by atoms with E-state index < -0.39 is 0 Å². The molecule has 0 aromatic carbocycles. The van der Waals surface area contributed by atoms with Crippen molar-refractivity contribution in [2.45, 2.75) is 50.7 Å². The van der Waals surface area contributed by atoms with Crippen LogP contribution in [0.3, 0.4) is 0 Å². The van der Waals surface area contributed by atoms with Gasteiger partial charge in [-0.25, -0.2) is 15.0 Å². The number of pyridine rings is 1. The molecule has 0 amide bonds. The SMILES string of the molecule is [B]c1cnc(N)c2cnc(NC3CCC(OCC4CC4)CC3)nc12. The Labute approximate surface area is 143 Å². The molecule has 24 heavy (non-hydrogen) atoms. The molecule has 2 fully saturated rings. The first-order chi connectivity index (χ1) is 11.7. The van der Waals surface area contributed by atoms with E-state index in [1.165, 1.54) is 19.0 Å². The molecule has 2 aromatic rings. The molecule has 6 nitrogen and oxygen atoms in total. The van der Waals surface area contributed by atoms with Crippen LogP contribution >= 0.6 is 0 Å². The highest BCUT2D eigenvalue weighted by Gasteiger charge is 2.26. The Bertz CT molecular complexity index is 728. The van der Waals surface area contributed by atoms with Crippen molar-refractivity contribution >= 4 is 36.0 Å². The number of nitrogens with one attached hydrogen (secondary N) is 1. The molecule has 0 spiro atoms. The molecule has 0 saturated heterocycles. The fraction of sp³-hybridized carbons (Fsp3) is 0.588. The van der Waals surface area contributed by atoms with Gasteiger partial charge < -0.3 is 15.8 Å². The number of nitrogen functional groups attached to an aromatic ring is 1. The fourth-order valence-electron chi connectivity index (χ4n) is 3.24. The number of nitrogens with zero attached hydrogens (tertiary/aromatic N) is 3. The highest BCUT2D eigenvalue weighted by atomic mass is 16.5. The van der Waals surface area contributed by atoms with Gasteiger partial charge in [-0.2, -0.15) is 0 Å². The normalized spacial score (nSPS) is 24.2. The van der Waals surface area contributed by atoms with E-state index in [0.717, 1.165) is 38.2 Å². The maximum atomic E-state index is 6.00. The first-order valence-corrected chi connectivity index (χ1v) is 8.74. The highest BCUT2D eigenvalue weighted by molar-refractivity contribution is 6.38. The van der Waals surface area contributed by atoms with Crippen LogP contribution in [-0.2, 0) is 4.74 Å². The summed E-state index contributed by atoms with van der Waals surface area (Å²) in [7, 11) is 5.96. The lowest BCUT2D eigenvalue weighted by atomic mass is 9.93. The molecule has 0 bridgehead atoms. The Kier molecular flexibility index (Phi) is 4.27. The second kappa shape index (κ2) is 6.55. The monoisotopic (exact) mass is 323 g/mol. The van der Waals surface area contributed by atoms with Crippen molar-refractivity contribution in [1.29, 1.82) is 0 Å². The van der Waals surface area contributed by atoms with Crippen molar-refractivity contribution in [2.24, 2.45) is 5.92 Å². The second-order valence-corrected chi connectivity index (χ2v) is 6.95. The molecule has 2 aromatic heterocycles. The Morgan fingerprint density at radius 2 is 1.92 bits per heavy atom. The molecular formula is C17H22BN5O. The number of hydrogen-bond donors (Lipinski definition) is 2. The van der Waals surface area contributed by atoms with Crippen molar-refractivity contribution in [1.82, 2.24) is 15.0 Å². The number of rotatable bonds is 5. The smallest absolute Gasteiger partial charge is 0.223 e. The number of fused-ring (bicyclic) bond motifs is 1. The van der Waals surface area contributed by atoms with Gasteiger partial charge in [0.15, 0.2) is 0 Å². The predicted molar refractivity (Wildman–Crippen MR) is 95.5 cm³/mol. The standard InChI is InChI=1S/C17H22BN5O/c18-14-8-20-16(19)13-7-21-17(23-15(13)14)22-11-3-5-12(6-4-11)24-9-10-1-2-10/h7-8,10-12H,1-6,9H2,(H2,19,20)(H,21,22,23). The molecule has 0 atom stereocenters. The molecule has 7 heteroatoms. The average Bonchev–Trinajstić information content (AvgIpc) is 3.42. The van der Waals surface area contributed by atoms with Crippen LogP contribution in [0.1, 0.15) is 38.5 Å². The Balaban J connectivity index is 1.37. The summed E-state index contributed by atoms with van der Waals surface area (Å²) in [5.74, 6) is 1.83. The Morgan fingerprint density at radius 3 is 2.67 bits per heavy atom. The first-order valence-electron chi connectivity index (χ1n) is 8.74. The molecule has 2 heterocycles. The van der Waals surface area contributed by atoms with E-state index in [9.17, 15) is 0 Å². The first kappa shape index (κ1) is 15.6. The van der Waals surface area contributed by atoms with E-state index in [-0.39, 0.29) is 0 Å². The van der Waals surface area contributed by atoms with E-state index in [1.807, 2.05) is 0 Å². The predicted octanol–water partition coefficient (Wildman–Crippen LogP) is 1.55. The van der Waals surface area contributed by atoms with Crippen LogP contribution in [0.5, 0.6) is 0 Å². The lowest BCUT2D eigenvalue weighted by molar-refractivity contribution is 0.0203. The lowest BCUT2D eigenvalue weighted by Crippen LogP contribution is -2.30. The van der Waals surface area contributed by atoms with Gasteiger partial charge in [-0.05, 0) is 44.4 Å². The van der Waals surface area contributed by atoms with Crippen molar-refractivity contribution < 1.29 is 4.74 Å². The number of aromatic nitrogens is 3. The quantitative estimate of drug-likeness (QED) is 0.812. The Hall–Kier alpha value is -1.89. The zero-order valence-electron chi connectivity index (χ0n) is 13.7. The molecule has 124 valence electrons. The van der Waals surface area contributed by atoms with Gasteiger partial charge in [0, 0.05) is 25.0 Å². The zero-order chi connectivity index (χ0) is 16.5. The summed E-state index contributed by atoms with van der Waals surface area (Å²) in [5, 5.41) is 4.12. The van der Waals surface area contributed by atoms with E-state index in [4.69, 9.17) is 18.3 Å². The van der Waals surface area contributed by atoms with Gasteiger partial charge in [-0.1, -0.05) is 5.46 Å². The summed E-state index contributed by atoms with van der Waals surface area (Å²) in [4.78, 5) is 12.9. The van der Waals surface area contributed by atoms with Crippen molar-refractivity contribution in [3.8, 4) is 0 Å². The maximum Gasteiger partial charge on any atom is 0.223 e. The van der Waals surface area contributed by atoms with Gasteiger partial charge >= 0.3 is 0 Å². The molecule has 4 rings (SSSR count). The van der Waals surface area contributed by atoms with E-state index >= 15 is 0 Å². The third-order valence-corrected chi connectivity index (χ3v) is 4.95. The molecule has 2 saturated carbocycles. The number of anilines is 2. The van der Waals surface area contributed by atoms with Crippen LogP contribution in [0.4, 0.5) is 11.8 Å². The Morgan fingerprint density at radius 1 is 1.12 bits per heavy atom. The van der Waals surface area contributed by atoms with Crippen molar-refractivity contribution in [3.05, 3.63) is 12.4 Å². The molecule has 2 radical (unpaired) electrons. The van der Waals surface area contributed by atoms with Gasteiger partial charge in [0.05, 0.1) is 17.0 Å². The topological polar surface area (TPSA) is 86.0 Å².